The van der Waals surface area contributed by atoms with E-state index in [0.29, 0.717) is 19.6 Å². The summed E-state index contributed by atoms with van der Waals surface area (Å²) in [6.07, 6.45) is 2.16. The highest BCUT2D eigenvalue weighted by atomic mass is 16.5. The fourth-order valence-electron chi connectivity index (χ4n) is 2.41. The Labute approximate surface area is 150 Å². The number of hydrogen-bond acceptors (Lipinski definition) is 5. The zero-order valence-electron chi connectivity index (χ0n) is 15.6. The second kappa shape index (κ2) is 11.1. The van der Waals surface area contributed by atoms with Crippen molar-refractivity contribution in [1.82, 2.24) is 5.32 Å². The van der Waals surface area contributed by atoms with Gasteiger partial charge in [-0.15, -0.1) is 0 Å². The van der Waals surface area contributed by atoms with Crippen LogP contribution in [0.5, 0.6) is 0 Å². The van der Waals surface area contributed by atoms with Crippen molar-refractivity contribution in [3.8, 4) is 6.07 Å². The summed E-state index contributed by atoms with van der Waals surface area (Å²) in [6.45, 7) is 9.19. The second-order valence-corrected chi connectivity index (χ2v) is 5.59. The number of aryl methyl sites for hydroxylation is 1. The van der Waals surface area contributed by atoms with Gasteiger partial charge in [0.25, 0.3) is 5.91 Å². The van der Waals surface area contributed by atoms with Crippen LogP contribution in [0.3, 0.4) is 0 Å². The lowest BCUT2D eigenvalue weighted by Crippen LogP contribution is -2.26. The van der Waals surface area contributed by atoms with Gasteiger partial charge in [-0.3, -0.25) is 4.79 Å². The number of hydrogen-bond donors (Lipinski definition) is 2. The Morgan fingerprint density at radius 2 is 2.08 bits per heavy atom. The van der Waals surface area contributed by atoms with Gasteiger partial charge in [0.05, 0.1) is 0 Å². The zero-order chi connectivity index (χ0) is 18.7. The number of rotatable bonds is 10. The van der Waals surface area contributed by atoms with E-state index in [1.807, 2.05) is 25.1 Å². The normalized spacial score (nSPS) is 10.9. The average molecular weight is 344 g/mol. The van der Waals surface area contributed by atoms with Gasteiger partial charge in [-0.25, -0.2) is 0 Å². The van der Waals surface area contributed by atoms with E-state index in [2.05, 4.69) is 35.4 Å². The van der Waals surface area contributed by atoms with E-state index in [1.165, 1.54) is 6.20 Å². The summed E-state index contributed by atoms with van der Waals surface area (Å²) in [4.78, 5) is 14.2. The molecule has 0 saturated heterocycles. The molecular weight excluding hydrogens is 316 g/mol. The van der Waals surface area contributed by atoms with Gasteiger partial charge in [0.2, 0.25) is 0 Å². The Morgan fingerprint density at radius 1 is 1.36 bits per heavy atom. The quantitative estimate of drug-likeness (QED) is 0.388. The standard InChI is InChI=1S/C19H28N4O2/c1-5-23(6-2)17-8-9-18(15(3)12-17)22-14-16(13-20)19(24)21-10-7-11-25-4/h8-9,12,14,22H,5-7,10-11H2,1-4H3,(H,21,24)/b16-14-. The van der Waals surface area contributed by atoms with Crippen molar-refractivity contribution in [1.29, 1.82) is 5.26 Å². The lowest BCUT2D eigenvalue weighted by Gasteiger charge is -2.22. The molecule has 0 saturated carbocycles. The van der Waals surface area contributed by atoms with Gasteiger partial charge in [0, 0.05) is 50.9 Å². The summed E-state index contributed by atoms with van der Waals surface area (Å²) in [7, 11) is 1.61. The number of ether oxygens (including phenoxy) is 1. The van der Waals surface area contributed by atoms with Crippen molar-refractivity contribution >= 4 is 17.3 Å². The summed E-state index contributed by atoms with van der Waals surface area (Å²) < 4.78 is 4.92. The van der Waals surface area contributed by atoms with Crippen molar-refractivity contribution in [2.24, 2.45) is 0 Å². The number of methoxy groups -OCH3 is 1. The minimum Gasteiger partial charge on any atom is -0.385 e. The molecule has 0 heterocycles. The van der Waals surface area contributed by atoms with Crippen LogP contribution in [0.15, 0.2) is 30.0 Å². The molecule has 0 spiro atoms. The number of benzene rings is 1. The van der Waals surface area contributed by atoms with Gasteiger partial charge in [-0.1, -0.05) is 0 Å². The van der Waals surface area contributed by atoms with Crippen LogP contribution < -0.4 is 15.5 Å². The summed E-state index contributed by atoms with van der Waals surface area (Å²) in [6, 6.07) is 8.02. The number of carbonyl (C=O) groups excluding carboxylic acids is 1. The molecule has 0 atom stereocenters. The third kappa shape index (κ3) is 6.48. The summed E-state index contributed by atoms with van der Waals surface area (Å²) >= 11 is 0. The van der Waals surface area contributed by atoms with Gasteiger partial charge in [-0.05, 0) is 51.0 Å². The van der Waals surface area contributed by atoms with Crippen molar-refractivity contribution in [2.75, 3.05) is 43.6 Å². The molecule has 0 fully saturated rings. The molecule has 0 aliphatic carbocycles. The molecular formula is C19H28N4O2. The lowest BCUT2D eigenvalue weighted by molar-refractivity contribution is -0.117. The predicted molar refractivity (Wildman–Crippen MR) is 102 cm³/mol. The molecule has 0 bridgehead atoms. The van der Waals surface area contributed by atoms with E-state index in [0.717, 1.165) is 30.0 Å². The van der Waals surface area contributed by atoms with Crippen molar-refractivity contribution in [2.45, 2.75) is 27.2 Å². The van der Waals surface area contributed by atoms with Crippen LogP contribution in [0.1, 0.15) is 25.8 Å². The first-order valence-electron chi connectivity index (χ1n) is 8.56. The minimum atomic E-state index is -0.386. The van der Waals surface area contributed by atoms with Crippen molar-refractivity contribution < 1.29 is 9.53 Å². The smallest absolute Gasteiger partial charge is 0.263 e. The summed E-state index contributed by atoms with van der Waals surface area (Å²) in [5, 5.41) is 14.9. The largest absolute Gasteiger partial charge is 0.385 e. The SMILES string of the molecule is CCN(CC)c1ccc(N/C=C(/C#N)C(=O)NCCCOC)c(C)c1. The van der Waals surface area contributed by atoms with E-state index in [1.54, 1.807) is 7.11 Å². The molecule has 0 unspecified atom stereocenters. The fourth-order valence-corrected chi connectivity index (χ4v) is 2.41. The number of nitrogens with one attached hydrogen (secondary N) is 2. The summed E-state index contributed by atoms with van der Waals surface area (Å²) in [5.41, 5.74) is 3.13. The van der Waals surface area contributed by atoms with Crippen molar-refractivity contribution in [3.05, 3.63) is 35.5 Å². The van der Waals surface area contributed by atoms with Gasteiger partial charge in [0.1, 0.15) is 11.6 Å². The van der Waals surface area contributed by atoms with Crippen molar-refractivity contribution in [3.63, 3.8) is 0 Å². The molecule has 1 aromatic carbocycles. The summed E-state index contributed by atoms with van der Waals surface area (Å²) in [5.74, 6) is -0.386. The van der Waals surface area contributed by atoms with E-state index in [9.17, 15) is 10.1 Å². The maximum atomic E-state index is 12.0. The van der Waals surface area contributed by atoms with Crippen LogP contribution in [0, 0.1) is 18.3 Å². The lowest BCUT2D eigenvalue weighted by atomic mass is 10.1. The number of amides is 1. The highest BCUT2D eigenvalue weighted by Gasteiger charge is 2.09. The molecule has 1 rings (SSSR count). The molecule has 0 aliphatic rings. The van der Waals surface area contributed by atoms with Gasteiger partial charge < -0.3 is 20.3 Å². The highest BCUT2D eigenvalue weighted by Crippen LogP contribution is 2.22. The molecule has 0 radical (unpaired) electrons. The van der Waals surface area contributed by atoms with Crippen LogP contribution in [-0.2, 0) is 9.53 Å². The monoisotopic (exact) mass is 344 g/mol. The van der Waals surface area contributed by atoms with E-state index < -0.39 is 0 Å². The van der Waals surface area contributed by atoms with Gasteiger partial charge >= 0.3 is 0 Å². The molecule has 25 heavy (non-hydrogen) atoms. The molecule has 2 N–H and O–H groups in total. The maximum Gasteiger partial charge on any atom is 0.263 e. The molecule has 6 nitrogen and oxygen atoms in total. The molecule has 1 amide bonds. The molecule has 1 aromatic rings. The van der Waals surface area contributed by atoms with Gasteiger partial charge in [-0.2, -0.15) is 5.26 Å². The van der Waals surface area contributed by atoms with E-state index in [4.69, 9.17) is 4.74 Å². The Balaban J connectivity index is 2.74. The first-order valence-corrected chi connectivity index (χ1v) is 8.56. The molecule has 136 valence electrons. The maximum absolute atomic E-state index is 12.0. The van der Waals surface area contributed by atoms with Crippen LogP contribution in [0.25, 0.3) is 0 Å². The number of carbonyl (C=O) groups is 1. The van der Waals surface area contributed by atoms with Gasteiger partial charge in [0.15, 0.2) is 0 Å². The van der Waals surface area contributed by atoms with Crippen LogP contribution >= 0.6 is 0 Å². The number of nitriles is 1. The predicted octanol–water partition coefficient (Wildman–Crippen LogP) is 2.81. The minimum absolute atomic E-state index is 0.0460. The number of anilines is 2. The van der Waals surface area contributed by atoms with Crippen LogP contribution in [0.4, 0.5) is 11.4 Å². The first kappa shape index (κ1) is 20.5. The molecule has 6 heteroatoms. The van der Waals surface area contributed by atoms with E-state index >= 15 is 0 Å². The fraction of sp³-hybridized carbons (Fsp3) is 0.474. The van der Waals surface area contributed by atoms with Crippen LogP contribution in [0.2, 0.25) is 0 Å². The Kier molecular flexibility index (Phi) is 9.12. The average Bonchev–Trinajstić information content (AvgIpc) is 2.61. The Bertz CT molecular complexity index is 631. The third-order valence-electron chi connectivity index (χ3n) is 3.89. The Morgan fingerprint density at radius 3 is 2.64 bits per heavy atom. The zero-order valence-corrected chi connectivity index (χ0v) is 15.6. The highest BCUT2D eigenvalue weighted by molar-refractivity contribution is 5.97. The van der Waals surface area contributed by atoms with E-state index in [-0.39, 0.29) is 11.5 Å². The topological polar surface area (TPSA) is 77.4 Å². The first-order chi connectivity index (χ1) is 12.1. The number of nitrogens with zero attached hydrogens (tertiary/aromatic N) is 2. The third-order valence-corrected chi connectivity index (χ3v) is 3.89. The molecule has 0 aromatic heterocycles. The Hall–Kier alpha value is -2.52. The molecule has 0 aliphatic heterocycles. The van der Waals surface area contributed by atoms with Crippen LogP contribution in [-0.4, -0.2) is 39.3 Å². The second-order valence-electron chi connectivity index (χ2n) is 5.59.